The van der Waals surface area contributed by atoms with E-state index in [2.05, 4.69) is 21.2 Å². The summed E-state index contributed by atoms with van der Waals surface area (Å²) in [6.07, 6.45) is 0. The zero-order valence-corrected chi connectivity index (χ0v) is 10.0. The maximum Gasteiger partial charge on any atom is 0.252 e. The largest absolute Gasteiger partial charge is 0.351 e. The van der Waals surface area contributed by atoms with E-state index < -0.39 is 0 Å². The Morgan fingerprint density at radius 1 is 1.77 bits per heavy atom. The van der Waals surface area contributed by atoms with Crippen LogP contribution < -0.4 is 5.32 Å². The monoisotopic (exact) mass is 261 g/mol. The van der Waals surface area contributed by atoms with Gasteiger partial charge in [0, 0.05) is 21.6 Å². The molecular weight excluding hydrogens is 250 g/mol. The first kappa shape index (κ1) is 10.7. The molecule has 0 aliphatic carbocycles. The quantitative estimate of drug-likeness (QED) is 0.833. The van der Waals surface area contributed by atoms with Gasteiger partial charge in [-0.15, -0.1) is 11.3 Å². The molecule has 1 N–H and O–H groups in total. The van der Waals surface area contributed by atoms with Gasteiger partial charge in [-0.1, -0.05) is 22.9 Å². The van der Waals surface area contributed by atoms with Crippen LogP contribution >= 0.6 is 27.3 Å². The first-order valence-corrected chi connectivity index (χ1v) is 5.86. The fraction of sp³-hybridized carbons (Fsp3) is 0.444. The van der Waals surface area contributed by atoms with Gasteiger partial charge in [0.25, 0.3) is 5.91 Å². The van der Waals surface area contributed by atoms with E-state index >= 15 is 0 Å². The molecule has 1 aromatic heterocycles. The summed E-state index contributed by atoms with van der Waals surface area (Å²) in [5.74, 6) is 0.00986. The van der Waals surface area contributed by atoms with Crippen LogP contribution in [0.2, 0.25) is 0 Å². The minimum absolute atomic E-state index is 0.00986. The van der Waals surface area contributed by atoms with Crippen LogP contribution in [0.5, 0.6) is 0 Å². The number of halogens is 1. The van der Waals surface area contributed by atoms with Gasteiger partial charge in [-0.05, 0) is 13.0 Å². The number of carbonyl (C=O) groups is 1. The Bertz CT molecular complexity index is 296. The summed E-state index contributed by atoms with van der Waals surface area (Å²) in [6, 6.07) is 1.90. The molecule has 13 heavy (non-hydrogen) atoms. The summed E-state index contributed by atoms with van der Waals surface area (Å²) in [5, 5.41) is 4.71. The molecular formula is C9H12BrNOS. The Morgan fingerprint density at radius 2 is 2.46 bits per heavy atom. The molecule has 0 bridgehead atoms. The molecule has 1 rings (SSSR count). The maximum atomic E-state index is 11.4. The zero-order chi connectivity index (χ0) is 9.84. The van der Waals surface area contributed by atoms with Gasteiger partial charge in [0.05, 0.1) is 5.56 Å². The van der Waals surface area contributed by atoms with Crippen LogP contribution in [0, 0.1) is 6.92 Å². The Hall–Kier alpha value is -0.350. The van der Waals surface area contributed by atoms with Crippen molar-refractivity contribution in [1.29, 1.82) is 0 Å². The Balaban J connectivity index is 2.49. The van der Waals surface area contributed by atoms with Crippen LogP contribution in [0.25, 0.3) is 0 Å². The number of rotatable bonds is 3. The lowest BCUT2D eigenvalue weighted by Gasteiger charge is -2.04. The van der Waals surface area contributed by atoms with Crippen molar-refractivity contribution < 1.29 is 4.79 Å². The number of nitrogens with one attached hydrogen (secondary N) is 1. The van der Waals surface area contributed by atoms with Crippen molar-refractivity contribution >= 4 is 33.2 Å². The molecule has 1 amide bonds. The van der Waals surface area contributed by atoms with Crippen molar-refractivity contribution in [3.05, 3.63) is 21.9 Å². The van der Waals surface area contributed by atoms with E-state index in [-0.39, 0.29) is 5.91 Å². The normalized spacial score (nSPS) is 12.5. The molecule has 0 spiro atoms. The van der Waals surface area contributed by atoms with Crippen LogP contribution in [-0.4, -0.2) is 17.3 Å². The van der Waals surface area contributed by atoms with Gasteiger partial charge in [0.2, 0.25) is 0 Å². The molecule has 0 radical (unpaired) electrons. The predicted molar refractivity (Wildman–Crippen MR) is 59.8 cm³/mol. The van der Waals surface area contributed by atoms with Gasteiger partial charge in [-0.2, -0.15) is 0 Å². The van der Waals surface area contributed by atoms with Crippen LogP contribution in [-0.2, 0) is 0 Å². The second-order valence-corrected chi connectivity index (χ2v) is 5.62. The molecule has 0 aliphatic heterocycles. The van der Waals surface area contributed by atoms with Crippen LogP contribution in [0.15, 0.2) is 11.4 Å². The minimum atomic E-state index is 0.00986. The average molecular weight is 262 g/mol. The van der Waals surface area contributed by atoms with E-state index in [1.54, 1.807) is 11.3 Å². The first-order valence-electron chi connectivity index (χ1n) is 4.07. The van der Waals surface area contributed by atoms with Crippen molar-refractivity contribution in [1.82, 2.24) is 5.32 Å². The third kappa shape index (κ3) is 3.48. The third-order valence-corrected chi connectivity index (χ3v) is 2.72. The van der Waals surface area contributed by atoms with Gasteiger partial charge >= 0.3 is 0 Å². The summed E-state index contributed by atoms with van der Waals surface area (Å²) in [7, 11) is 0. The van der Waals surface area contributed by atoms with Gasteiger partial charge in [-0.25, -0.2) is 0 Å². The molecule has 0 saturated heterocycles. The summed E-state index contributed by atoms with van der Waals surface area (Å²) in [4.78, 5) is 12.9. The SMILES string of the molecule is Cc1cc(C(=O)NCC(C)Br)cs1. The van der Waals surface area contributed by atoms with Crippen LogP contribution in [0.4, 0.5) is 0 Å². The van der Waals surface area contributed by atoms with Crippen LogP contribution in [0.3, 0.4) is 0 Å². The lowest BCUT2D eigenvalue weighted by atomic mass is 10.3. The average Bonchev–Trinajstić information content (AvgIpc) is 2.47. The van der Waals surface area contributed by atoms with E-state index in [1.165, 1.54) is 0 Å². The smallest absolute Gasteiger partial charge is 0.252 e. The van der Waals surface area contributed by atoms with Crippen molar-refractivity contribution in [3.8, 4) is 0 Å². The second-order valence-electron chi connectivity index (χ2n) is 2.94. The fourth-order valence-electron chi connectivity index (χ4n) is 0.898. The van der Waals surface area contributed by atoms with Crippen LogP contribution in [0.1, 0.15) is 22.2 Å². The molecule has 1 heterocycles. The van der Waals surface area contributed by atoms with Crippen molar-refractivity contribution in [2.75, 3.05) is 6.54 Å². The highest BCUT2D eigenvalue weighted by Gasteiger charge is 2.07. The number of carbonyl (C=O) groups excluding carboxylic acids is 1. The molecule has 0 fully saturated rings. The van der Waals surface area contributed by atoms with Crippen molar-refractivity contribution in [2.24, 2.45) is 0 Å². The topological polar surface area (TPSA) is 29.1 Å². The second kappa shape index (κ2) is 4.77. The highest BCUT2D eigenvalue weighted by Crippen LogP contribution is 2.12. The molecule has 2 nitrogen and oxygen atoms in total. The third-order valence-electron chi connectivity index (χ3n) is 1.54. The molecule has 4 heteroatoms. The van der Waals surface area contributed by atoms with Gasteiger partial charge < -0.3 is 5.32 Å². The van der Waals surface area contributed by atoms with E-state index in [0.717, 1.165) is 10.4 Å². The van der Waals surface area contributed by atoms with Gasteiger partial charge in [0.15, 0.2) is 0 Å². The number of alkyl halides is 1. The standard InChI is InChI=1S/C9H12BrNOS/c1-6(10)4-11-9(12)8-3-7(2)13-5-8/h3,5-6H,4H2,1-2H3,(H,11,12). The Morgan fingerprint density at radius 3 is 2.92 bits per heavy atom. The molecule has 0 aliphatic rings. The number of thiophene rings is 1. The lowest BCUT2D eigenvalue weighted by molar-refractivity contribution is 0.0954. The van der Waals surface area contributed by atoms with E-state index in [9.17, 15) is 4.79 Å². The maximum absolute atomic E-state index is 11.4. The van der Waals surface area contributed by atoms with E-state index in [0.29, 0.717) is 11.4 Å². The molecule has 0 aromatic carbocycles. The summed E-state index contributed by atoms with van der Waals surface area (Å²) < 4.78 is 0. The summed E-state index contributed by atoms with van der Waals surface area (Å²) in [6.45, 7) is 4.65. The van der Waals surface area contributed by atoms with E-state index in [4.69, 9.17) is 0 Å². The Labute approximate surface area is 90.5 Å². The molecule has 72 valence electrons. The number of hydrogen-bond acceptors (Lipinski definition) is 2. The summed E-state index contributed by atoms with van der Waals surface area (Å²) in [5.41, 5.74) is 0.760. The lowest BCUT2D eigenvalue weighted by Crippen LogP contribution is -2.27. The molecule has 1 atom stereocenters. The summed E-state index contributed by atoms with van der Waals surface area (Å²) >= 11 is 4.96. The number of amides is 1. The first-order chi connectivity index (χ1) is 6.09. The minimum Gasteiger partial charge on any atom is -0.351 e. The predicted octanol–water partition coefficient (Wildman–Crippen LogP) is 2.57. The number of hydrogen-bond donors (Lipinski definition) is 1. The van der Waals surface area contributed by atoms with Gasteiger partial charge in [0.1, 0.15) is 0 Å². The van der Waals surface area contributed by atoms with Gasteiger partial charge in [-0.3, -0.25) is 4.79 Å². The fourth-order valence-corrected chi connectivity index (χ4v) is 1.74. The van der Waals surface area contributed by atoms with Crippen molar-refractivity contribution in [2.45, 2.75) is 18.7 Å². The highest BCUT2D eigenvalue weighted by molar-refractivity contribution is 9.09. The Kier molecular flexibility index (Phi) is 3.93. The zero-order valence-electron chi connectivity index (χ0n) is 7.63. The molecule has 1 aromatic rings. The number of aryl methyl sites for hydroxylation is 1. The molecule has 1 unspecified atom stereocenters. The van der Waals surface area contributed by atoms with Crippen molar-refractivity contribution in [3.63, 3.8) is 0 Å². The van der Waals surface area contributed by atoms with E-state index in [1.807, 2.05) is 25.3 Å². The highest BCUT2D eigenvalue weighted by atomic mass is 79.9. The molecule has 0 saturated carbocycles.